The minimum absolute atomic E-state index is 0.273. The van der Waals surface area contributed by atoms with Gasteiger partial charge >= 0.3 is 0 Å². The molecular weight excluding hydrogens is 318 g/mol. The first kappa shape index (κ1) is 17.8. The molecule has 3 nitrogen and oxygen atoms in total. The van der Waals surface area contributed by atoms with Gasteiger partial charge in [0.25, 0.3) is 0 Å². The molecule has 0 bridgehead atoms. The van der Waals surface area contributed by atoms with Crippen LogP contribution in [0.5, 0.6) is 0 Å². The average molecular weight is 348 g/mol. The fourth-order valence-corrected chi connectivity index (χ4v) is 5.14. The smallest absolute Gasteiger partial charge is 0.228 e. The number of thioether (sulfide) groups is 1. The van der Waals surface area contributed by atoms with E-state index in [1.165, 1.54) is 5.56 Å². The van der Waals surface area contributed by atoms with Crippen LogP contribution in [0.4, 0.5) is 0 Å². The monoisotopic (exact) mass is 347 g/mol. The molecule has 0 radical (unpaired) electrons. The summed E-state index contributed by atoms with van der Waals surface area (Å²) in [5.41, 5.74) is 1.06. The summed E-state index contributed by atoms with van der Waals surface area (Å²) in [6, 6.07) is 10.6. The zero-order valence-electron chi connectivity index (χ0n) is 14.9. The molecule has 0 aromatic heterocycles. The molecule has 0 N–H and O–H groups in total. The van der Waals surface area contributed by atoms with Crippen LogP contribution in [-0.4, -0.2) is 42.9 Å². The Morgan fingerprint density at radius 3 is 2.67 bits per heavy atom. The van der Waals surface area contributed by atoms with Crippen molar-refractivity contribution < 1.29 is 9.53 Å². The highest BCUT2D eigenvalue weighted by atomic mass is 32.2. The van der Waals surface area contributed by atoms with E-state index in [1.54, 1.807) is 0 Å². The zero-order valence-corrected chi connectivity index (χ0v) is 15.7. The first-order chi connectivity index (χ1) is 11.6. The van der Waals surface area contributed by atoms with E-state index in [0.717, 1.165) is 51.3 Å². The summed E-state index contributed by atoms with van der Waals surface area (Å²) in [7, 11) is 0. The van der Waals surface area contributed by atoms with Crippen LogP contribution in [0.25, 0.3) is 0 Å². The van der Waals surface area contributed by atoms with Gasteiger partial charge in [-0.05, 0) is 30.7 Å². The molecule has 2 aliphatic heterocycles. The van der Waals surface area contributed by atoms with Crippen LogP contribution < -0.4 is 0 Å². The van der Waals surface area contributed by atoms with Gasteiger partial charge < -0.3 is 9.64 Å². The Kier molecular flexibility index (Phi) is 5.88. The van der Waals surface area contributed by atoms with E-state index < -0.39 is 0 Å². The largest absolute Gasteiger partial charge is 0.381 e. The SMILES string of the molecule is CC(C)(CC1CCOCC1)C(=O)N1CCSC(c2ccccc2)C1. The zero-order chi connectivity index (χ0) is 17.0. The Balaban J connectivity index is 1.62. The molecular formula is C20H29NO2S. The molecule has 1 atom stereocenters. The van der Waals surface area contributed by atoms with Gasteiger partial charge in [0.2, 0.25) is 5.91 Å². The summed E-state index contributed by atoms with van der Waals surface area (Å²) < 4.78 is 5.46. The van der Waals surface area contributed by atoms with Crippen molar-refractivity contribution in [3.05, 3.63) is 35.9 Å². The molecule has 2 saturated heterocycles. The van der Waals surface area contributed by atoms with Crippen LogP contribution in [0.1, 0.15) is 43.9 Å². The van der Waals surface area contributed by atoms with Gasteiger partial charge in [-0.25, -0.2) is 0 Å². The number of nitrogens with zero attached hydrogens (tertiary/aromatic N) is 1. The molecule has 1 aromatic rings. The minimum Gasteiger partial charge on any atom is -0.381 e. The van der Waals surface area contributed by atoms with Crippen molar-refractivity contribution in [1.29, 1.82) is 0 Å². The van der Waals surface area contributed by atoms with Gasteiger partial charge in [-0.2, -0.15) is 11.8 Å². The quantitative estimate of drug-likeness (QED) is 0.819. The van der Waals surface area contributed by atoms with Crippen LogP contribution in [0.2, 0.25) is 0 Å². The lowest BCUT2D eigenvalue weighted by Crippen LogP contribution is -2.46. The lowest BCUT2D eigenvalue weighted by Gasteiger charge is -2.39. The summed E-state index contributed by atoms with van der Waals surface area (Å²) >= 11 is 1.97. The van der Waals surface area contributed by atoms with Crippen molar-refractivity contribution in [2.45, 2.75) is 38.4 Å². The summed E-state index contributed by atoms with van der Waals surface area (Å²) in [4.78, 5) is 15.3. The summed E-state index contributed by atoms with van der Waals surface area (Å²) in [5.74, 6) is 1.98. The number of benzene rings is 1. The average Bonchev–Trinajstić information content (AvgIpc) is 2.62. The number of hydrogen-bond donors (Lipinski definition) is 0. The highest BCUT2D eigenvalue weighted by Crippen LogP contribution is 2.37. The Morgan fingerprint density at radius 1 is 1.25 bits per heavy atom. The Labute approximate surface area is 150 Å². The molecule has 1 unspecified atom stereocenters. The fourth-order valence-electron chi connectivity index (χ4n) is 3.89. The third kappa shape index (κ3) is 4.34. The van der Waals surface area contributed by atoms with E-state index >= 15 is 0 Å². The topological polar surface area (TPSA) is 29.5 Å². The van der Waals surface area contributed by atoms with E-state index in [0.29, 0.717) is 17.1 Å². The molecule has 2 aliphatic rings. The van der Waals surface area contributed by atoms with E-state index in [9.17, 15) is 4.79 Å². The number of ether oxygens (including phenoxy) is 1. The first-order valence-electron chi connectivity index (χ1n) is 9.10. The molecule has 2 fully saturated rings. The van der Waals surface area contributed by atoms with Crippen LogP contribution in [-0.2, 0) is 9.53 Å². The Morgan fingerprint density at radius 2 is 1.96 bits per heavy atom. The number of amides is 1. The number of hydrogen-bond acceptors (Lipinski definition) is 3. The maximum absolute atomic E-state index is 13.2. The van der Waals surface area contributed by atoms with E-state index in [4.69, 9.17) is 4.74 Å². The van der Waals surface area contributed by atoms with Gasteiger partial charge in [0.05, 0.1) is 0 Å². The number of rotatable bonds is 4. The standard InChI is InChI=1S/C20H29NO2S/c1-20(2,14-16-8-11-23-12-9-16)19(22)21-10-13-24-18(15-21)17-6-4-3-5-7-17/h3-7,16,18H,8-15H2,1-2H3. The second-order valence-electron chi connectivity index (χ2n) is 7.67. The molecule has 4 heteroatoms. The van der Waals surface area contributed by atoms with Crippen molar-refractivity contribution in [3.8, 4) is 0 Å². The van der Waals surface area contributed by atoms with Gasteiger partial charge in [0.1, 0.15) is 0 Å². The maximum atomic E-state index is 13.2. The molecule has 0 aliphatic carbocycles. The highest BCUT2D eigenvalue weighted by Gasteiger charge is 2.37. The molecule has 24 heavy (non-hydrogen) atoms. The van der Waals surface area contributed by atoms with Gasteiger partial charge in [-0.3, -0.25) is 4.79 Å². The van der Waals surface area contributed by atoms with Crippen LogP contribution in [0.3, 0.4) is 0 Å². The van der Waals surface area contributed by atoms with Gasteiger partial charge in [0, 0.05) is 42.7 Å². The third-order valence-corrected chi connectivity index (χ3v) is 6.49. The molecule has 0 spiro atoms. The minimum atomic E-state index is -0.273. The first-order valence-corrected chi connectivity index (χ1v) is 10.1. The van der Waals surface area contributed by atoms with Crippen LogP contribution in [0, 0.1) is 11.3 Å². The van der Waals surface area contributed by atoms with Gasteiger partial charge in [-0.15, -0.1) is 0 Å². The number of carbonyl (C=O) groups is 1. The molecule has 3 rings (SSSR count). The maximum Gasteiger partial charge on any atom is 0.228 e. The normalized spacial score (nSPS) is 23.2. The molecule has 0 saturated carbocycles. The lowest BCUT2D eigenvalue weighted by molar-refractivity contribution is -0.141. The fraction of sp³-hybridized carbons (Fsp3) is 0.650. The molecule has 132 valence electrons. The summed E-state index contributed by atoms with van der Waals surface area (Å²) in [6.07, 6.45) is 3.17. The summed E-state index contributed by atoms with van der Waals surface area (Å²) in [6.45, 7) is 7.68. The number of carbonyl (C=O) groups excluding carboxylic acids is 1. The van der Waals surface area contributed by atoms with Crippen molar-refractivity contribution in [2.24, 2.45) is 11.3 Å². The van der Waals surface area contributed by atoms with E-state index in [1.807, 2.05) is 11.8 Å². The highest BCUT2D eigenvalue weighted by molar-refractivity contribution is 7.99. The van der Waals surface area contributed by atoms with Crippen molar-refractivity contribution in [1.82, 2.24) is 4.90 Å². The van der Waals surface area contributed by atoms with Gasteiger partial charge in [0.15, 0.2) is 0 Å². The second-order valence-corrected chi connectivity index (χ2v) is 8.98. The van der Waals surface area contributed by atoms with E-state index in [-0.39, 0.29) is 5.41 Å². The molecule has 1 aromatic carbocycles. The predicted molar refractivity (Wildman–Crippen MR) is 100 cm³/mol. The van der Waals surface area contributed by atoms with Crippen LogP contribution in [0.15, 0.2) is 30.3 Å². The molecule has 2 heterocycles. The van der Waals surface area contributed by atoms with E-state index in [2.05, 4.69) is 49.1 Å². The Bertz CT molecular complexity index is 540. The van der Waals surface area contributed by atoms with Crippen molar-refractivity contribution in [2.75, 3.05) is 32.1 Å². The van der Waals surface area contributed by atoms with Gasteiger partial charge in [-0.1, -0.05) is 44.2 Å². The van der Waals surface area contributed by atoms with Crippen molar-refractivity contribution in [3.63, 3.8) is 0 Å². The lowest BCUT2D eigenvalue weighted by atomic mass is 9.78. The predicted octanol–water partition coefficient (Wildman–Crippen LogP) is 4.15. The Hall–Kier alpha value is -1.00. The van der Waals surface area contributed by atoms with Crippen LogP contribution >= 0.6 is 11.8 Å². The second kappa shape index (κ2) is 7.92. The summed E-state index contributed by atoms with van der Waals surface area (Å²) in [5, 5.41) is 0.405. The third-order valence-electron chi connectivity index (χ3n) is 5.24. The van der Waals surface area contributed by atoms with Crippen molar-refractivity contribution >= 4 is 17.7 Å². The molecule has 1 amide bonds.